The van der Waals surface area contributed by atoms with Gasteiger partial charge >= 0.3 is 5.69 Å². The van der Waals surface area contributed by atoms with Gasteiger partial charge in [-0.2, -0.15) is 0 Å². The molecular formula is C21H15N2O6+. The maximum Gasteiger partial charge on any atom is 0.328 e. The topological polar surface area (TPSA) is 116 Å². The van der Waals surface area contributed by atoms with Gasteiger partial charge in [0.05, 0.1) is 27.3 Å². The fraction of sp³-hybridized carbons (Fsp3) is 0.0476. The molecule has 0 saturated carbocycles. The standard InChI is InChI=1S/C21H14N2O6/c1-29-23(28)13-8-10-15(25)19-17(13)20(26)16-12(22-11-5-3-2-4-6-11)7-9-14(24)18(16)21(19)27/h2-10H,1H3,(H2-,22,24,25,26,27,28)/p+1. The van der Waals surface area contributed by atoms with Crippen molar-refractivity contribution in [1.29, 1.82) is 0 Å². The Labute approximate surface area is 164 Å². The monoisotopic (exact) mass is 391 g/mol. The van der Waals surface area contributed by atoms with E-state index < -0.39 is 23.1 Å². The predicted octanol–water partition coefficient (Wildman–Crippen LogP) is 3.59. The Balaban J connectivity index is 1.98. The Morgan fingerprint density at radius 2 is 1.38 bits per heavy atom. The maximum atomic E-state index is 13.4. The fourth-order valence-electron chi connectivity index (χ4n) is 3.38. The summed E-state index contributed by atoms with van der Waals surface area (Å²) in [5, 5.41) is 23.6. The van der Waals surface area contributed by atoms with Gasteiger partial charge in [-0.1, -0.05) is 18.2 Å². The normalized spacial score (nSPS) is 12.2. The lowest BCUT2D eigenvalue weighted by atomic mass is 9.81. The number of hydrogen-bond donors (Lipinski definition) is 3. The summed E-state index contributed by atoms with van der Waals surface area (Å²) in [5.74, 6) is -2.35. The van der Waals surface area contributed by atoms with Gasteiger partial charge in [-0.3, -0.25) is 9.59 Å². The van der Waals surface area contributed by atoms with Crippen LogP contribution in [-0.4, -0.2) is 33.8 Å². The van der Waals surface area contributed by atoms with Crippen LogP contribution < -0.4 is 5.32 Å². The van der Waals surface area contributed by atoms with Gasteiger partial charge in [0.25, 0.3) is 4.92 Å². The molecule has 8 nitrogen and oxygen atoms in total. The Morgan fingerprint density at radius 1 is 0.793 bits per heavy atom. The number of aromatic hydroxyl groups is 2. The van der Waals surface area contributed by atoms with Crippen molar-refractivity contribution in [3.63, 3.8) is 0 Å². The van der Waals surface area contributed by atoms with Crippen molar-refractivity contribution in [2.75, 3.05) is 12.4 Å². The molecule has 0 spiro atoms. The van der Waals surface area contributed by atoms with Crippen LogP contribution in [0.15, 0.2) is 54.6 Å². The maximum absolute atomic E-state index is 13.4. The molecule has 0 atom stereocenters. The third-order valence-electron chi connectivity index (χ3n) is 4.67. The Kier molecular flexibility index (Phi) is 4.23. The summed E-state index contributed by atoms with van der Waals surface area (Å²) >= 11 is 0. The van der Waals surface area contributed by atoms with Crippen LogP contribution in [0.5, 0.6) is 11.5 Å². The Hall–Kier alpha value is -4.20. The second-order valence-corrected chi connectivity index (χ2v) is 6.33. The molecule has 0 unspecified atom stereocenters. The van der Waals surface area contributed by atoms with E-state index in [0.29, 0.717) is 5.69 Å². The Bertz CT molecular complexity index is 1190. The molecule has 0 bridgehead atoms. The van der Waals surface area contributed by atoms with E-state index in [-0.39, 0.29) is 38.6 Å². The van der Waals surface area contributed by atoms with Gasteiger partial charge in [0, 0.05) is 11.8 Å². The van der Waals surface area contributed by atoms with E-state index in [4.69, 9.17) is 0 Å². The van der Waals surface area contributed by atoms with Crippen molar-refractivity contribution in [3.8, 4) is 11.5 Å². The molecule has 3 aromatic carbocycles. The van der Waals surface area contributed by atoms with Gasteiger partial charge < -0.3 is 15.5 Å². The number of rotatable bonds is 4. The predicted molar refractivity (Wildman–Crippen MR) is 103 cm³/mol. The molecule has 8 heteroatoms. The number of fused-ring (bicyclic) bond motifs is 2. The molecule has 0 fully saturated rings. The largest absolute Gasteiger partial charge is 0.507 e. The molecule has 144 valence electrons. The summed E-state index contributed by atoms with van der Waals surface area (Å²) in [5.41, 5.74) is -0.278. The van der Waals surface area contributed by atoms with Crippen LogP contribution in [0, 0.1) is 4.91 Å². The first-order valence-corrected chi connectivity index (χ1v) is 8.58. The zero-order chi connectivity index (χ0) is 20.7. The molecule has 3 aromatic rings. The highest BCUT2D eigenvalue weighted by Gasteiger charge is 2.42. The molecule has 0 saturated heterocycles. The molecule has 29 heavy (non-hydrogen) atoms. The fourth-order valence-corrected chi connectivity index (χ4v) is 3.38. The first kappa shape index (κ1) is 18.2. The Morgan fingerprint density at radius 3 is 2.03 bits per heavy atom. The number of carbonyl (C=O) groups is 2. The molecule has 0 aliphatic heterocycles. The zero-order valence-corrected chi connectivity index (χ0v) is 15.2. The van der Waals surface area contributed by atoms with Crippen molar-refractivity contribution >= 4 is 28.6 Å². The van der Waals surface area contributed by atoms with E-state index in [1.54, 1.807) is 24.3 Å². The molecule has 1 aliphatic rings. The van der Waals surface area contributed by atoms with E-state index in [9.17, 15) is 24.7 Å². The van der Waals surface area contributed by atoms with Gasteiger partial charge in [-0.15, -0.1) is 0 Å². The third kappa shape index (κ3) is 2.78. The van der Waals surface area contributed by atoms with Crippen LogP contribution in [-0.2, 0) is 4.84 Å². The first-order valence-electron chi connectivity index (χ1n) is 8.58. The molecule has 0 heterocycles. The summed E-state index contributed by atoms with van der Waals surface area (Å²) in [6, 6.07) is 14.0. The number of anilines is 2. The van der Waals surface area contributed by atoms with Crippen LogP contribution in [0.3, 0.4) is 0 Å². The van der Waals surface area contributed by atoms with Gasteiger partial charge in [0.2, 0.25) is 11.6 Å². The summed E-state index contributed by atoms with van der Waals surface area (Å²) in [7, 11) is 1.11. The van der Waals surface area contributed by atoms with E-state index in [1.807, 2.05) is 6.07 Å². The van der Waals surface area contributed by atoms with Crippen molar-refractivity contribution in [2.24, 2.45) is 0 Å². The van der Waals surface area contributed by atoms with Crippen molar-refractivity contribution in [1.82, 2.24) is 0 Å². The van der Waals surface area contributed by atoms with E-state index >= 15 is 0 Å². The number of nitrogens with one attached hydrogen (secondary N) is 1. The zero-order valence-electron chi connectivity index (χ0n) is 15.2. The highest BCUT2D eigenvalue weighted by atomic mass is 16.8. The number of carbonyl (C=O) groups excluding carboxylic acids is 2. The van der Waals surface area contributed by atoms with E-state index in [0.717, 1.165) is 13.2 Å². The molecule has 0 radical (unpaired) electrons. The van der Waals surface area contributed by atoms with E-state index in [2.05, 4.69) is 10.2 Å². The summed E-state index contributed by atoms with van der Waals surface area (Å²) in [6.45, 7) is 0. The quantitative estimate of drug-likeness (QED) is 0.360. The minimum absolute atomic E-state index is 0.0849. The second kappa shape index (κ2) is 6.75. The molecule has 0 amide bonds. The van der Waals surface area contributed by atoms with Crippen molar-refractivity contribution < 1.29 is 29.6 Å². The van der Waals surface area contributed by atoms with Crippen LogP contribution in [0.2, 0.25) is 0 Å². The highest BCUT2D eigenvalue weighted by molar-refractivity contribution is 6.33. The number of phenols is 2. The van der Waals surface area contributed by atoms with Crippen LogP contribution in [0.1, 0.15) is 31.8 Å². The first-order chi connectivity index (χ1) is 13.9. The van der Waals surface area contributed by atoms with Gasteiger partial charge in [0.15, 0.2) is 7.11 Å². The molecular weight excluding hydrogens is 376 g/mol. The van der Waals surface area contributed by atoms with E-state index in [1.165, 1.54) is 18.2 Å². The average Bonchev–Trinajstić information content (AvgIpc) is 2.73. The van der Waals surface area contributed by atoms with Crippen molar-refractivity contribution in [2.45, 2.75) is 0 Å². The molecule has 3 N–H and O–H groups in total. The number of hydrogen-bond acceptors (Lipinski definition) is 7. The van der Waals surface area contributed by atoms with Crippen molar-refractivity contribution in [3.05, 3.63) is 81.8 Å². The van der Waals surface area contributed by atoms with Crippen LogP contribution in [0.4, 0.5) is 17.1 Å². The van der Waals surface area contributed by atoms with Gasteiger partial charge in [-0.25, -0.2) is 4.84 Å². The summed E-state index contributed by atoms with van der Waals surface area (Å²) in [6.07, 6.45) is 0. The molecule has 4 rings (SSSR count). The number of phenolic OH excluding ortho intramolecular Hbond substituents is 2. The lowest BCUT2D eigenvalue weighted by Gasteiger charge is -2.21. The SMILES string of the molecule is CO[N+](=O)c1ccc(O)c2c1C(=O)c1c(Nc3ccccc3)ccc(O)c1C2=O. The minimum Gasteiger partial charge on any atom is -0.507 e. The number of nitrogens with zero attached hydrogens (tertiary/aromatic N) is 1. The number of benzene rings is 3. The molecule has 0 aromatic heterocycles. The summed E-state index contributed by atoms with van der Waals surface area (Å²) < 4.78 is 0. The molecule has 1 aliphatic carbocycles. The van der Waals surface area contributed by atoms with Crippen LogP contribution >= 0.6 is 0 Å². The number of ketones is 2. The van der Waals surface area contributed by atoms with Gasteiger partial charge in [0.1, 0.15) is 17.1 Å². The smallest absolute Gasteiger partial charge is 0.328 e. The highest BCUT2D eigenvalue weighted by Crippen LogP contribution is 2.43. The third-order valence-corrected chi connectivity index (χ3v) is 4.67. The number of para-hydroxylation sites is 1. The minimum atomic E-state index is -0.771. The lowest BCUT2D eigenvalue weighted by Crippen LogP contribution is -2.24. The van der Waals surface area contributed by atoms with Crippen LogP contribution in [0.25, 0.3) is 0 Å². The average molecular weight is 391 g/mol. The second-order valence-electron chi connectivity index (χ2n) is 6.33. The van der Waals surface area contributed by atoms with Gasteiger partial charge in [-0.05, 0) is 30.3 Å². The lowest BCUT2D eigenvalue weighted by molar-refractivity contribution is -0.736. The summed E-state index contributed by atoms with van der Waals surface area (Å²) in [4.78, 5) is 43.3.